The Balaban J connectivity index is 2.22. The van der Waals surface area contributed by atoms with Crippen LogP contribution in [0.25, 0.3) is 0 Å². The van der Waals surface area contributed by atoms with Gasteiger partial charge in [-0.3, -0.25) is 9.89 Å². The molecule has 0 aliphatic rings. The first-order chi connectivity index (χ1) is 9.52. The second kappa shape index (κ2) is 5.92. The van der Waals surface area contributed by atoms with Gasteiger partial charge < -0.3 is 11.1 Å². The van der Waals surface area contributed by atoms with Crippen molar-refractivity contribution in [2.24, 2.45) is 0 Å². The summed E-state index contributed by atoms with van der Waals surface area (Å²) in [7, 11) is 0. The van der Waals surface area contributed by atoms with E-state index in [1.165, 1.54) is 0 Å². The third-order valence-electron chi connectivity index (χ3n) is 2.82. The molecule has 2 aromatic rings. The van der Waals surface area contributed by atoms with Crippen LogP contribution in [-0.4, -0.2) is 21.1 Å². The predicted octanol–water partition coefficient (Wildman–Crippen LogP) is 2.55. The van der Waals surface area contributed by atoms with E-state index in [4.69, 9.17) is 17.3 Å². The molecule has 0 atom stereocenters. The highest BCUT2D eigenvalue weighted by atomic mass is 35.5. The SMILES string of the molecule is CCCc1[nH]nc(C(=O)Nc2cc(C)cnc2Cl)c1N. The number of nitrogens with zero attached hydrogens (tertiary/aromatic N) is 2. The smallest absolute Gasteiger partial charge is 0.278 e. The Bertz CT molecular complexity index is 638. The van der Waals surface area contributed by atoms with Crippen molar-refractivity contribution in [2.45, 2.75) is 26.7 Å². The molecule has 0 unspecified atom stereocenters. The van der Waals surface area contributed by atoms with Crippen molar-refractivity contribution in [3.63, 3.8) is 0 Å². The van der Waals surface area contributed by atoms with E-state index in [0.717, 1.165) is 24.1 Å². The number of aryl methyl sites for hydroxylation is 2. The van der Waals surface area contributed by atoms with Crippen molar-refractivity contribution in [1.29, 1.82) is 0 Å². The standard InChI is InChI=1S/C13H16ClN5O/c1-3-4-8-10(15)11(19-18-8)13(20)17-9-5-7(2)6-16-12(9)14/h5-6H,3-4,15H2,1-2H3,(H,17,20)(H,18,19). The maximum Gasteiger partial charge on any atom is 0.278 e. The predicted molar refractivity (Wildman–Crippen MR) is 78.9 cm³/mol. The Labute approximate surface area is 121 Å². The van der Waals surface area contributed by atoms with Crippen LogP contribution in [-0.2, 0) is 6.42 Å². The molecule has 0 fully saturated rings. The Hall–Kier alpha value is -2.08. The molecule has 1 amide bonds. The van der Waals surface area contributed by atoms with Gasteiger partial charge >= 0.3 is 0 Å². The highest BCUT2D eigenvalue weighted by Gasteiger charge is 2.18. The molecule has 0 saturated heterocycles. The average molecular weight is 294 g/mol. The normalized spacial score (nSPS) is 10.6. The quantitative estimate of drug-likeness (QED) is 0.755. The van der Waals surface area contributed by atoms with Gasteiger partial charge in [0.25, 0.3) is 5.91 Å². The topological polar surface area (TPSA) is 96.7 Å². The van der Waals surface area contributed by atoms with E-state index < -0.39 is 5.91 Å². The average Bonchev–Trinajstić information content (AvgIpc) is 2.76. The van der Waals surface area contributed by atoms with Crippen LogP contribution in [0.3, 0.4) is 0 Å². The molecule has 2 rings (SSSR count). The molecule has 0 radical (unpaired) electrons. The number of anilines is 2. The van der Waals surface area contributed by atoms with Crippen molar-refractivity contribution in [2.75, 3.05) is 11.1 Å². The fraction of sp³-hybridized carbons (Fsp3) is 0.308. The number of H-pyrrole nitrogens is 1. The largest absolute Gasteiger partial charge is 0.395 e. The fourth-order valence-electron chi connectivity index (χ4n) is 1.82. The number of hydrogen-bond donors (Lipinski definition) is 3. The van der Waals surface area contributed by atoms with Crippen LogP contribution >= 0.6 is 11.6 Å². The number of pyridine rings is 1. The van der Waals surface area contributed by atoms with Gasteiger partial charge in [-0.25, -0.2) is 4.98 Å². The zero-order chi connectivity index (χ0) is 14.7. The van der Waals surface area contributed by atoms with Crippen molar-refractivity contribution in [1.82, 2.24) is 15.2 Å². The lowest BCUT2D eigenvalue weighted by molar-refractivity contribution is 0.102. The highest BCUT2D eigenvalue weighted by Crippen LogP contribution is 2.22. The number of halogens is 1. The molecule has 4 N–H and O–H groups in total. The van der Waals surface area contributed by atoms with E-state index in [1.54, 1.807) is 12.3 Å². The van der Waals surface area contributed by atoms with Gasteiger partial charge in [0.15, 0.2) is 10.8 Å². The summed E-state index contributed by atoms with van der Waals surface area (Å²) in [5.41, 5.74) is 8.56. The monoisotopic (exact) mass is 293 g/mol. The van der Waals surface area contributed by atoms with E-state index in [1.807, 2.05) is 13.8 Å². The lowest BCUT2D eigenvalue weighted by Gasteiger charge is -2.06. The van der Waals surface area contributed by atoms with E-state index in [-0.39, 0.29) is 10.8 Å². The van der Waals surface area contributed by atoms with E-state index >= 15 is 0 Å². The number of carbonyl (C=O) groups excluding carboxylic acids is 1. The number of nitrogen functional groups attached to an aromatic ring is 1. The summed E-state index contributed by atoms with van der Waals surface area (Å²) in [4.78, 5) is 16.1. The molecular formula is C13H16ClN5O. The minimum atomic E-state index is -0.407. The van der Waals surface area contributed by atoms with Gasteiger partial charge in [-0.05, 0) is 25.0 Å². The second-order valence-electron chi connectivity index (χ2n) is 4.52. The van der Waals surface area contributed by atoms with Crippen LogP contribution in [0.5, 0.6) is 0 Å². The van der Waals surface area contributed by atoms with E-state index in [2.05, 4.69) is 20.5 Å². The number of amides is 1. The molecule has 0 aliphatic heterocycles. The summed E-state index contributed by atoms with van der Waals surface area (Å²) in [5, 5.41) is 9.64. The summed E-state index contributed by atoms with van der Waals surface area (Å²) >= 11 is 5.94. The number of hydrogen-bond acceptors (Lipinski definition) is 4. The maximum atomic E-state index is 12.2. The van der Waals surface area contributed by atoms with Gasteiger partial charge in [0.05, 0.1) is 17.1 Å². The number of aromatic amines is 1. The van der Waals surface area contributed by atoms with Gasteiger partial charge in [-0.2, -0.15) is 5.10 Å². The van der Waals surface area contributed by atoms with Crippen molar-refractivity contribution in [3.8, 4) is 0 Å². The van der Waals surface area contributed by atoms with Gasteiger partial charge in [0.1, 0.15) is 0 Å². The summed E-state index contributed by atoms with van der Waals surface area (Å²) in [6, 6.07) is 1.74. The Morgan fingerprint density at radius 2 is 2.30 bits per heavy atom. The molecule has 0 aliphatic carbocycles. The second-order valence-corrected chi connectivity index (χ2v) is 4.88. The first-order valence-electron chi connectivity index (χ1n) is 6.29. The molecule has 6 nitrogen and oxygen atoms in total. The summed E-state index contributed by atoms with van der Waals surface area (Å²) in [6.07, 6.45) is 3.29. The highest BCUT2D eigenvalue weighted by molar-refractivity contribution is 6.32. The minimum absolute atomic E-state index is 0.172. The van der Waals surface area contributed by atoms with Gasteiger partial charge in [-0.15, -0.1) is 0 Å². The van der Waals surface area contributed by atoms with Crippen molar-refractivity contribution < 1.29 is 4.79 Å². The van der Waals surface area contributed by atoms with E-state index in [0.29, 0.717) is 11.4 Å². The third-order valence-corrected chi connectivity index (χ3v) is 3.12. The zero-order valence-electron chi connectivity index (χ0n) is 11.3. The molecule has 2 heterocycles. The fourth-order valence-corrected chi connectivity index (χ4v) is 1.97. The molecule has 0 aromatic carbocycles. The molecule has 0 spiro atoms. The number of nitrogens with one attached hydrogen (secondary N) is 2. The molecule has 0 bridgehead atoms. The lowest BCUT2D eigenvalue weighted by Crippen LogP contribution is -2.15. The van der Waals surface area contributed by atoms with Gasteiger partial charge in [0, 0.05) is 6.20 Å². The van der Waals surface area contributed by atoms with Crippen LogP contribution in [0.15, 0.2) is 12.3 Å². The summed E-state index contributed by atoms with van der Waals surface area (Å²) in [6.45, 7) is 3.89. The lowest BCUT2D eigenvalue weighted by atomic mass is 10.2. The Morgan fingerprint density at radius 3 is 3.00 bits per heavy atom. The molecule has 2 aromatic heterocycles. The summed E-state index contributed by atoms with van der Waals surface area (Å²) < 4.78 is 0. The maximum absolute atomic E-state index is 12.2. The van der Waals surface area contributed by atoms with Crippen molar-refractivity contribution in [3.05, 3.63) is 34.4 Å². The number of rotatable bonds is 4. The number of aromatic nitrogens is 3. The van der Waals surface area contributed by atoms with E-state index in [9.17, 15) is 4.79 Å². The van der Waals surface area contributed by atoms with Crippen LogP contribution in [0, 0.1) is 6.92 Å². The Kier molecular flexibility index (Phi) is 4.24. The number of nitrogens with two attached hydrogens (primary N) is 1. The van der Waals surface area contributed by atoms with Gasteiger partial charge in [0.2, 0.25) is 0 Å². The number of carbonyl (C=O) groups is 1. The Morgan fingerprint density at radius 1 is 1.55 bits per heavy atom. The first kappa shape index (κ1) is 14.3. The van der Waals surface area contributed by atoms with Gasteiger partial charge in [-0.1, -0.05) is 24.9 Å². The minimum Gasteiger partial charge on any atom is -0.395 e. The third kappa shape index (κ3) is 2.91. The molecule has 20 heavy (non-hydrogen) atoms. The van der Waals surface area contributed by atoms with Crippen LogP contribution in [0.1, 0.15) is 35.1 Å². The zero-order valence-corrected chi connectivity index (χ0v) is 12.1. The van der Waals surface area contributed by atoms with Crippen LogP contribution < -0.4 is 11.1 Å². The first-order valence-corrected chi connectivity index (χ1v) is 6.67. The van der Waals surface area contributed by atoms with Crippen LogP contribution in [0.4, 0.5) is 11.4 Å². The van der Waals surface area contributed by atoms with Crippen molar-refractivity contribution >= 4 is 28.9 Å². The molecule has 106 valence electrons. The molecular weight excluding hydrogens is 278 g/mol. The molecule has 0 saturated carbocycles. The summed E-state index contributed by atoms with van der Waals surface area (Å²) in [5.74, 6) is -0.407. The molecule has 7 heteroatoms. The van der Waals surface area contributed by atoms with Crippen LogP contribution in [0.2, 0.25) is 5.15 Å².